The quantitative estimate of drug-likeness (QED) is 0.369. The molecule has 12 heteroatoms. The fraction of sp³-hybridized carbons (Fsp3) is 0.630. The molecule has 2 aliphatic heterocycles. The summed E-state index contributed by atoms with van der Waals surface area (Å²) in [4.78, 5) is 42.4. The summed E-state index contributed by atoms with van der Waals surface area (Å²) >= 11 is 0. The molecule has 2 fully saturated rings. The number of rotatable bonds is 12. The second kappa shape index (κ2) is 13.6. The first-order chi connectivity index (χ1) is 18.6. The van der Waals surface area contributed by atoms with Gasteiger partial charge in [-0.3, -0.25) is 19.3 Å². The minimum Gasteiger partial charge on any atom is -0.376 e. The van der Waals surface area contributed by atoms with E-state index in [1.54, 1.807) is 0 Å². The van der Waals surface area contributed by atoms with Crippen molar-refractivity contribution in [3.63, 3.8) is 0 Å². The van der Waals surface area contributed by atoms with E-state index in [4.69, 9.17) is 0 Å². The summed E-state index contributed by atoms with van der Waals surface area (Å²) in [6.07, 6.45) is -1.42. The Morgan fingerprint density at radius 1 is 1.21 bits per heavy atom. The first kappa shape index (κ1) is 30.2. The Bertz CT molecular complexity index is 1040. The van der Waals surface area contributed by atoms with Gasteiger partial charge in [-0.05, 0) is 69.5 Å². The minimum atomic E-state index is -4.45. The van der Waals surface area contributed by atoms with Crippen molar-refractivity contribution < 1.29 is 27.6 Å². The maximum atomic E-state index is 13.4. The molecule has 2 unspecified atom stereocenters. The van der Waals surface area contributed by atoms with Gasteiger partial charge in [-0.25, -0.2) is 0 Å². The van der Waals surface area contributed by atoms with Crippen molar-refractivity contribution in [3.8, 4) is 6.07 Å². The van der Waals surface area contributed by atoms with E-state index in [2.05, 4.69) is 40.8 Å². The molecular weight excluding hydrogens is 513 g/mol. The molecule has 2 saturated heterocycles. The molecule has 3 N–H and O–H groups in total. The number of carbonyl (C=O) groups is 3. The second-order valence-corrected chi connectivity index (χ2v) is 10.1. The molecule has 0 saturated carbocycles. The lowest BCUT2D eigenvalue weighted by atomic mass is 9.98. The van der Waals surface area contributed by atoms with Crippen LogP contribution < -0.4 is 16.0 Å². The van der Waals surface area contributed by atoms with Crippen LogP contribution in [-0.4, -0.2) is 78.4 Å². The van der Waals surface area contributed by atoms with Gasteiger partial charge >= 0.3 is 6.18 Å². The highest BCUT2D eigenvalue weighted by atomic mass is 19.4. The Labute approximate surface area is 227 Å². The van der Waals surface area contributed by atoms with Crippen LogP contribution in [0.3, 0.4) is 0 Å². The SMILES string of the molecule is CCCN(CCC)[C@@H]1CC(C(=O)NC(C#N)C[C@@H]2CCNC2=O)N(C(=O)CNc2ccc(C(F)(F)F)cc2)C1. The maximum Gasteiger partial charge on any atom is 0.416 e. The highest BCUT2D eigenvalue weighted by Crippen LogP contribution is 2.30. The van der Waals surface area contributed by atoms with E-state index in [-0.39, 0.29) is 36.7 Å². The van der Waals surface area contributed by atoms with Gasteiger partial charge in [0.1, 0.15) is 12.1 Å². The number of likely N-dealkylation sites (tertiary alicyclic amines) is 1. The van der Waals surface area contributed by atoms with Crippen molar-refractivity contribution >= 4 is 23.4 Å². The number of carbonyl (C=O) groups excluding carboxylic acids is 3. The lowest BCUT2D eigenvalue weighted by Gasteiger charge is -2.28. The van der Waals surface area contributed by atoms with Gasteiger partial charge in [-0.2, -0.15) is 18.4 Å². The Kier molecular flexibility index (Phi) is 10.6. The van der Waals surface area contributed by atoms with Crippen LogP contribution in [0.5, 0.6) is 0 Å². The number of nitriles is 1. The standard InChI is InChI=1S/C27H37F3N6O3/c1-3-11-35(12-4-2)22-14-23(26(39)34-21(15-31)13-18-9-10-32-25(18)38)36(17-22)24(37)16-33-20-7-5-19(6-8-20)27(28,29)30/h5-8,18,21-23,33H,3-4,9-14,16-17H2,1-2H3,(H,32,38)(H,34,39)/t18-,21?,22+,23?/m0/s1. The second-order valence-electron chi connectivity index (χ2n) is 10.1. The van der Waals surface area contributed by atoms with Crippen molar-refractivity contribution in [3.05, 3.63) is 29.8 Å². The fourth-order valence-electron chi connectivity index (χ4n) is 5.28. The normalized spacial score (nSPS) is 21.9. The maximum absolute atomic E-state index is 13.4. The van der Waals surface area contributed by atoms with Crippen LogP contribution in [0.1, 0.15) is 51.5 Å². The molecule has 2 aliphatic rings. The van der Waals surface area contributed by atoms with Crippen molar-refractivity contribution in [1.82, 2.24) is 20.4 Å². The third-order valence-corrected chi connectivity index (χ3v) is 7.25. The number of hydrogen-bond acceptors (Lipinski definition) is 6. The van der Waals surface area contributed by atoms with E-state index in [0.717, 1.165) is 38.1 Å². The first-order valence-electron chi connectivity index (χ1n) is 13.5. The van der Waals surface area contributed by atoms with Gasteiger partial charge in [0, 0.05) is 30.7 Å². The Hall–Kier alpha value is -3.33. The summed E-state index contributed by atoms with van der Waals surface area (Å²) < 4.78 is 38.6. The van der Waals surface area contributed by atoms with Gasteiger partial charge in [0.2, 0.25) is 17.7 Å². The number of benzene rings is 1. The topological polar surface area (TPSA) is 118 Å². The van der Waals surface area contributed by atoms with Crippen molar-refractivity contribution in [2.75, 3.05) is 38.0 Å². The third-order valence-electron chi connectivity index (χ3n) is 7.25. The highest BCUT2D eigenvalue weighted by Gasteiger charge is 2.42. The average Bonchev–Trinajstić information content (AvgIpc) is 3.53. The van der Waals surface area contributed by atoms with Crippen LogP contribution in [0.15, 0.2) is 24.3 Å². The predicted molar refractivity (Wildman–Crippen MR) is 139 cm³/mol. The largest absolute Gasteiger partial charge is 0.416 e. The van der Waals surface area contributed by atoms with Gasteiger partial charge < -0.3 is 20.9 Å². The molecule has 39 heavy (non-hydrogen) atoms. The molecule has 2 heterocycles. The molecule has 214 valence electrons. The zero-order chi connectivity index (χ0) is 28.6. The van der Waals surface area contributed by atoms with Gasteiger partial charge in [0.05, 0.1) is 18.2 Å². The van der Waals surface area contributed by atoms with E-state index >= 15 is 0 Å². The summed E-state index contributed by atoms with van der Waals surface area (Å²) in [5.74, 6) is -1.29. The van der Waals surface area contributed by atoms with Crippen LogP contribution in [0.4, 0.5) is 18.9 Å². The van der Waals surface area contributed by atoms with Crippen LogP contribution in [0.25, 0.3) is 0 Å². The number of nitrogens with zero attached hydrogens (tertiary/aromatic N) is 3. The van der Waals surface area contributed by atoms with Gasteiger partial charge in [-0.15, -0.1) is 0 Å². The molecule has 0 spiro atoms. The summed E-state index contributed by atoms with van der Waals surface area (Å²) in [7, 11) is 0. The zero-order valence-corrected chi connectivity index (χ0v) is 22.4. The number of alkyl halides is 3. The monoisotopic (exact) mass is 550 g/mol. The summed E-state index contributed by atoms with van der Waals surface area (Å²) in [5, 5.41) is 18.0. The van der Waals surface area contributed by atoms with Crippen molar-refractivity contribution in [1.29, 1.82) is 5.26 Å². The molecule has 4 atom stereocenters. The van der Waals surface area contributed by atoms with E-state index in [9.17, 15) is 32.8 Å². The highest BCUT2D eigenvalue weighted by molar-refractivity contribution is 5.90. The molecule has 3 amide bonds. The van der Waals surface area contributed by atoms with E-state index in [0.29, 0.717) is 31.6 Å². The van der Waals surface area contributed by atoms with Crippen molar-refractivity contribution in [2.45, 2.75) is 70.3 Å². The number of halogens is 3. The smallest absolute Gasteiger partial charge is 0.376 e. The lowest BCUT2D eigenvalue weighted by molar-refractivity contribution is -0.137. The molecule has 3 rings (SSSR count). The Balaban J connectivity index is 1.71. The summed E-state index contributed by atoms with van der Waals surface area (Å²) in [6, 6.07) is 4.75. The van der Waals surface area contributed by atoms with Crippen LogP contribution in [0.2, 0.25) is 0 Å². The molecule has 9 nitrogen and oxygen atoms in total. The zero-order valence-electron chi connectivity index (χ0n) is 22.4. The molecule has 0 bridgehead atoms. The molecule has 1 aromatic rings. The van der Waals surface area contributed by atoms with E-state index in [1.807, 2.05) is 0 Å². The number of anilines is 1. The van der Waals surface area contributed by atoms with Crippen molar-refractivity contribution in [2.24, 2.45) is 5.92 Å². The Morgan fingerprint density at radius 3 is 2.41 bits per heavy atom. The Morgan fingerprint density at radius 2 is 1.87 bits per heavy atom. The van der Waals surface area contributed by atoms with Crippen LogP contribution in [-0.2, 0) is 20.6 Å². The minimum absolute atomic E-state index is 0.0446. The molecule has 1 aromatic carbocycles. The molecule has 0 aliphatic carbocycles. The van der Waals surface area contributed by atoms with Gasteiger partial charge in [0.15, 0.2) is 0 Å². The van der Waals surface area contributed by atoms with Gasteiger partial charge in [0.25, 0.3) is 0 Å². The van der Waals surface area contributed by atoms with Crippen LogP contribution >= 0.6 is 0 Å². The van der Waals surface area contributed by atoms with Crippen LogP contribution in [0, 0.1) is 17.2 Å². The molecule has 0 radical (unpaired) electrons. The molecule has 0 aromatic heterocycles. The first-order valence-corrected chi connectivity index (χ1v) is 13.5. The number of hydrogen-bond donors (Lipinski definition) is 3. The lowest BCUT2D eigenvalue weighted by Crippen LogP contribution is -2.50. The average molecular weight is 551 g/mol. The van der Waals surface area contributed by atoms with E-state index in [1.165, 1.54) is 17.0 Å². The summed E-state index contributed by atoms with van der Waals surface area (Å²) in [5.41, 5.74) is -0.432. The fourth-order valence-corrected chi connectivity index (χ4v) is 5.28. The molecular formula is C27H37F3N6O3. The number of amides is 3. The predicted octanol–water partition coefficient (Wildman–Crippen LogP) is 2.74. The number of nitrogens with one attached hydrogen (secondary N) is 3. The van der Waals surface area contributed by atoms with Gasteiger partial charge in [-0.1, -0.05) is 13.8 Å². The third kappa shape index (κ3) is 8.08. The van der Waals surface area contributed by atoms with E-state index < -0.39 is 29.7 Å². The summed E-state index contributed by atoms with van der Waals surface area (Å²) in [6.45, 7) is 6.43.